The molecular formula is C26H22N6O2. The lowest BCUT2D eigenvalue weighted by molar-refractivity contribution is -0.111. The Bertz CT molecular complexity index is 1400. The maximum atomic E-state index is 11.5. The average Bonchev–Trinajstić information content (AvgIpc) is 3.25. The Hall–Kier alpha value is -4.64. The lowest BCUT2D eigenvalue weighted by Crippen LogP contribution is -2.34. The maximum absolute atomic E-state index is 11.5. The molecule has 2 heterocycles. The highest BCUT2D eigenvalue weighted by molar-refractivity contribution is 5.99. The normalized spacial score (nSPS) is 16.8. The van der Waals surface area contributed by atoms with E-state index < -0.39 is 0 Å². The smallest absolute Gasteiger partial charge is 0.247 e. The Morgan fingerprint density at radius 2 is 2.03 bits per heavy atom. The van der Waals surface area contributed by atoms with Crippen LogP contribution in [0.25, 0.3) is 22.3 Å². The minimum absolute atomic E-state index is 0.173. The summed E-state index contributed by atoms with van der Waals surface area (Å²) in [5.41, 5.74) is 4.90. The number of nitrogens with zero attached hydrogens (tertiary/aromatic N) is 3. The summed E-state index contributed by atoms with van der Waals surface area (Å²) in [4.78, 5) is 23.8. The number of carbonyl (C=O) groups is 1. The fourth-order valence-corrected chi connectivity index (χ4v) is 3.92. The molecular weight excluding hydrogens is 428 g/mol. The molecule has 0 saturated heterocycles. The van der Waals surface area contributed by atoms with Crippen LogP contribution < -0.4 is 15.4 Å². The van der Waals surface area contributed by atoms with Gasteiger partial charge in [-0.15, -0.1) is 0 Å². The van der Waals surface area contributed by atoms with Crippen LogP contribution in [0.2, 0.25) is 0 Å². The van der Waals surface area contributed by atoms with E-state index in [1.54, 1.807) is 30.5 Å². The molecule has 34 heavy (non-hydrogen) atoms. The molecule has 1 aliphatic carbocycles. The highest BCUT2D eigenvalue weighted by Crippen LogP contribution is 2.32. The van der Waals surface area contributed by atoms with Crippen molar-refractivity contribution in [2.24, 2.45) is 5.92 Å². The number of amides is 1. The second kappa shape index (κ2) is 9.08. The third-order valence-electron chi connectivity index (χ3n) is 5.76. The first-order valence-corrected chi connectivity index (χ1v) is 10.9. The van der Waals surface area contributed by atoms with Crippen molar-refractivity contribution < 1.29 is 9.53 Å². The van der Waals surface area contributed by atoms with E-state index in [0.29, 0.717) is 34.5 Å². The van der Waals surface area contributed by atoms with Gasteiger partial charge in [-0.2, -0.15) is 5.26 Å². The van der Waals surface area contributed by atoms with Crippen LogP contribution in [0.5, 0.6) is 11.6 Å². The number of ether oxygens (including phenoxy) is 1. The molecule has 4 aromatic rings. The Kier molecular flexibility index (Phi) is 5.67. The number of aromatic amines is 1. The van der Waals surface area contributed by atoms with E-state index in [9.17, 15) is 4.79 Å². The molecule has 168 valence electrons. The molecule has 0 unspecified atom stereocenters. The Morgan fingerprint density at radius 3 is 2.79 bits per heavy atom. The van der Waals surface area contributed by atoms with Gasteiger partial charge in [0.1, 0.15) is 11.3 Å². The molecule has 2 aromatic carbocycles. The fourth-order valence-electron chi connectivity index (χ4n) is 3.92. The number of fused-ring (bicyclic) bond motifs is 1. The summed E-state index contributed by atoms with van der Waals surface area (Å²) >= 11 is 0. The van der Waals surface area contributed by atoms with E-state index in [2.05, 4.69) is 38.2 Å². The quantitative estimate of drug-likeness (QED) is 0.331. The maximum Gasteiger partial charge on any atom is 0.247 e. The zero-order valence-corrected chi connectivity index (χ0v) is 18.3. The van der Waals surface area contributed by atoms with Crippen molar-refractivity contribution in [1.29, 1.82) is 5.26 Å². The number of carbonyl (C=O) groups excluding carboxylic acids is 1. The molecule has 0 spiro atoms. The molecule has 0 aliphatic heterocycles. The number of anilines is 2. The molecule has 1 aliphatic rings. The van der Waals surface area contributed by atoms with Crippen LogP contribution in [0.1, 0.15) is 12.8 Å². The zero-order valence-electron chi connectivity index (χ0n) is 18.3. The molecule has 8 nitrogen and oxygen atoms in total. The van der Waals surface area contributed by atoms with Gasteiger partial charge in [0.15, 0.2) is 5.65 Å². The van der Waals surface area contributed by atoms with Gasteiger partial charge in [0.2, 0.25) is 11.8 Å². The Morgan fingerprint density at radius 1 is 1.21 bits per heavy atom. The van der Waals surface area contributed by atoms with Crippen LogP contribution in [0.4, 0.5) is 11.4 Å². The topological polar surface area (TPSA) is 116 Å². The number of nitriles is 1. The predicted octanol–water partition coefficient (Wildman–Crippen LogP) is 5.26. The summed E-state index contributed by atoms with van der Waals surface area (Å²) in [6.45, 7) is 3.46. The summed E-state index contributed by atoms with van der Waals surface area (Å²) in [7, 11) is 0. The first kappa shape index (κ1) is 21.2. The van der Waals surface area contributed by atoms with E-state index in [-0.39, 0.29) is 11.8 Å². The van der Waals surface area contributed by atoms with Gasteiger partial charge in [0.25, 0.3) is 0 Å². The van der Waals surface area contributed by atoms with Crippen LogP contribution in [0.15, 0.2) is 73.6 Å². The van der Waals surface area contributed by atoms with Crippen molar-refractivity contribution in [2.75, 3.05) is 10.6 Å². The number of hydrogen-bond donors (Lipinski definition) is 3. The summed E-state index contributed by atoms with van der Waals surface area (Å²) in [5, 5.41) is 15.1. The van der Waals surface area contributed by atoms with E-state index in [0.717, 1.165) is 29.7 Å². The second-order valence-electron chi connectivity index (χ2n) is 8.15. The summed E-state index contributed by atoms with van der Waals surface area (Å²) in [6, 6.07) is 17.8. The van der Waals surface area contributed by atoms with Gasteiger partial charge in [0, 0.05) is 35.2 Å². The van der Waals surface area contributed by atoms with Gasteiger partial charge in [-0.1, -0.05) is 24.8 Å². The average molecular weight is 451 g/mol. The molecule has 1 fully saturated rings. The third-order valence-corrected chi connectivity index (χ3v) is 5.76. The lowest BCUT2D eigenvalue weighted by atomic mass is 9.81. The van der Waals surface area contributed by atoms with Crippen molar-refractivity contribution in [1.82, 2.24) is 15.0 Å². The Balaban J connectivity index is 1.33. The van der Waals surface area contributed by atoms with Gasteiger partial charge in [-0.05, 0) is 48.7 Å². The molecule has 0 bridgehead atoms. The first-order valence-electron chi connectivity index (χ1n) is 10.9. The summed E-state index contributed by atoms with van der Waals surface area (Å²) < 4.78 is 5.90. The van der Waals surface area contributed by atoms with E-state index >= 15 is 0 Å². The van der Waals surface area contributed by atoms with Crippen molar-refractivity contribution in [3.8, 4) is 28.8 Å². The molecule has 8 heteroatoms. The Labute approximate surface area is 196 Å². The van der Waals surface area contributed by atoms with Gasteiger partial charge in [-0.3, -0.25) is 4.79 Å². The molecule has 0 atom stereocenters. The van der Waals surface area contributed by atoms with Crippen molar-refractivity contribution in [3.05, 3.63) is 73.6 Å². The lowest BCUT2D eigenvalue weighted by Gasteiger charge is -2.32. The van der Waals surface area contributed by atoms with Crippen LogP contribution >= 0.6 is 0 Å². The van der Waals surface area contributed by atoms with Crippen molar-refractivity contribution in [2.45, 2.75) is 18.9 Å². The van der Waals surface area contributed by atoms with Crippen molar-refractivity contribution >= 4 is 28.4 Å². The predicted molar refractivity (Wildman–Crippen MR) is 130 cm³/mol. The van der Waals surface area contributed by atoms with Crippen LogP contribution in [0.3, 0.4) is 0 Å². The minimum Gasteiger partial charge on any atom is -0.437 e. The number of H-pyrrole nitrogens is 1. The largest absolute Gasteiger partial charge is 0.437 e. The number of rotatable bonds is 7. The SMILES string of the molecule is C=CC(=O)Nc1cccc(Oc2cnc3[nH]cc(-c4ccc(NC5CC(C#N)C5)cc4)c3n2)c1. The second-order valence-corrected chi connectivity index (χ2v) is 8.15. The molecule has 3 N–H and O–H groups in total. The van der Waals surface area contributed by atoms with Gasteiger partial charge >= 0.3 is 0 Å². The van der Waals surface area contributed by atoms with E-state index in [1.165, 1.54) is 6.08 Å². The molecule has 2 aromatic heterocycles. The van der Waals surface area contributed by atoms with Crippen molar-refractivity contribution in [3.63, 3.8) is 0 Å². The van der Waals surface area contributed by atoms with Gasteiger partial charge < -0.3 is 20.4 Å². The molecule has 5 rings (SSSR count). The van der Waals surface area contributed by atoms with Gasteiger partial charge in [0.05, 0.1) is 18.2 Å². The van der Waals surface area contributed by atoms with E-state index in [4.69, 9.17) is 10.00 Å². The van der Waals surface area contributed by atoms with Gasteiger partial charge in [-0.25, -0.2) is 9.97 Å². The number of nitrogens with one attached hydrogen (secondary N) is 3. The third kappa shape index (κ3) is 4.45. The number of hydrogen-bond acceptors (Lipinski definition) is 6. The van der Waals surface area contributed by atoms with Crippen LogP contribution in [0, 0.1) is 17.2 Å². The molecule has 0 radical (unpaired) electrons. The highest BCUT2D eigenvalue weighted by Gasteiger charge is 2.28. The molecule has 1 amide bonds. The summed E-state index contributed by atoms with van der Waals surface area (Å²) in [5.74, 6) is 0.746. The minimum atomic E-state index is -0.296. The van der Waals surface area contributed by atoms with E-state index in [1.807, 2.05) is 30.5 Å². The fraction of sp³-hybridized carbons (Fsp3) is 0.154. The van der Waals surface area contributed by atoms with Crippen LogP contribution in [-0.2, 0) is 4.79 Å². The number of aromatic nitrogens is 3. The first-order chi connectivity index (χ1) is 16.6. The summed E-state index contributed by atoms with van der Waals surface area (Å²) in [6.07, 6.45) is 6.43. The zero-order chi connectivity index (χ0) is 23.5. The highest BCUT2D eigenvalue weighted by atomic mass is 16.5. The monoisotopic (exact) mass is 450 g/mol. The standard InChI is InChI=1S/C26H22N6O2/c1-2-23(33)31-19-4-3-5-21(12-19)34-24-15-29-26-25(32-24)22(14-28-26)17-6-8-18(9-7-17)30-20-10-16(11-20)13-27/h2-9,12,14-16,20,30H,1,10-11H2,(H,28,29)(H,31,33). The number of benzene rings is 2. The van der Waals surface area contributed by atoms with Crippen LogP contribution in [-0.4, -0.2) is 26.9 Å². The molecule has 1 saturated carbocycles.